The van der Waals surface area contributed by atoms with E-state index in [1.54, 1.807) is 0 Å². The van der Waals surface area contributed by atoms with Gasteiger partial charge in [-0.2, -0.15) is 0 Å². The lowest BCUT2D eigenvalue weighted by Crippen LogP contribution is -2.70. The van der Waals surface area contributed by atoms with Gasteiger partial charge in [-0.1, -0.05) is 34.6 Å². The zero-order chi connectivity index (χ0) is 32.2. The molecular weight excluding hydrogens is 580 g/mol. The van der Waals surface area contributed by atoms with Crippen molar-refractivity contribution in [3.8, 4) is 0 Å². The standard InChI is InChI=1S/C39H62O7/c1-22(8-14-33(40)41)28-12-13-31-27-10-9-25-21-26(15-18-36(25,4)32(27)16-19-37(28,31)5)42-34-24(3)30-11-7-23(2)29-17-20-38(6)44-35(43-34)39(29,30)46-45-38/h22-32,34-35H,7-21H2,1-6H3,(H,40,41)/t22-,23-,24-,25?,26-,27?,28-,29?,30?,31?,32?,34?,35?,36+,37-,38?,39-/m1/s1. The molecule has 9 fully saturated rings. The minimum absolute atomic E-state index is 0.231. The topological polar surface area (TPSA) is 83.5 Å². The molecule has 0 aromatic rings. The van der Waals surface area contributed by atoms with Gasteiger partial charge in [0.1, 0.15) is 0 Å². The fourth-order valence-electron chi connectivity index (χ4n) is 14.1. The Morgan fingerprint density at radius 1 is 0.848 bits per heavy atom. The van der Waals surface area contributed by atoms with Crippen LogP contribution < -0.4 is 0 Å². The molecule has 1 spiro atoms. The third kappa shape index (κ3) is 4.77. The second-order valence-electron chi connectivity index (χ2n) is 18.6. The molecule has 0 aromatic heterocycles. The van der Waals surface area contributed by atoms with Crippen LogP contribution >= 0.6 is 0 Å². The normalized spacial score (nSPS) is 56.6. The third-order valence-corrected chi connectivity index (χ3v) is 16.6. The van der Waals surface area contributed by atoms with E-state index < -0.39 is 23.6 Å². The molecular formula is C39H62O7. The van der Waals surface area contributed by atoms with Gasteiger partial charge in [-0.05, 0) is 149 Å². The van der Waals surface area contributed by atoms with Gasteiger partial charge in [0.25, 0.3) is 0 Å². The molecule has 4 saturated heterocycles. The fraction of sp³-hybridized carbons (Fsp3) is 0.974. The Bertz CT molecular complexity index is 1180. The molecule has 2 bridgehead atoms. The predicted octanol–water partition coefficient (Wildman–Crippen LogP) is 8.74. The van der Waals surface area contributed by atoms with E-state index in [2.05, 4.69) is 34.6 Å². The Labute approximate surface area is 277 Å². The molecule has 0 amide bonds. The molecule has 4 aliphatic heterocycles. The van der Waals surface area contributed by atoms with E-state index in [9.17, 15) is 9.90 Å². The van der Waals surface area contributed by atoms with E-state index in [-0.39, 0.29) is 18.3 Å². The summed E-state index contributed by atoms with van der Waals surface area (Å²) in [7, 11) is 0. The number of carboxylic acids is 1. The Balaban J connectivity index is 0.942. The monoisotopic (exact) mass is 642 g/mol. The summed E-state index contributed by atoms with van der Waals surface area (Å²) in [6.07, 6.45) is 16.4. The number of carbonyl (C=O) groups is 1. The molecule has 260 valence electrons. The van der Waals surface area contributed by atoms with Gasteiger partial charge in [0.15, 0.2) is 18.2 Å². The maximum atomic E-state index is 11.3. The van der Waals surface area contributed by atoms with Crippen molar-refractivity contribution in [1.82, 2.24) is 0 Å². The van der Waals surface area contributed by atoms with Crippen LogP contribution in [0.1, 0.15) is 138 Å². The Morgan fingerprint density at radius 2 is 1.59 bits per heavy atom. The number of ether oxygens (including phenoxy) is 3. The summed E-state index contributed by atoms with van der Waals surface area (Å²) in [5, 5.41) is 9.32. The molecule has 9 rings (SSSR count). The molecule has 1 N–H and O–H groups in total. The lowest BCUT2D eigenvalue weighted by atomic mass is 9.44. The van der Waals surface area contributed by atoms with Crippen LogP contribution in [0.4, 0.5) is 0 Å². The molecule has 9 unspecified atom stereocenters. The van der Waals surface area contributed by atoms with Crippen LogP contribution in [0.25, 0.3) is 0 Å². The Kier molecular flexibility index (Phi) is 8.05. The first-order valence-corrected chi connectivity index (χ1v) is 19.5. The van der Waals surface area contributed by atoms with Gasteiger partial charge >= 0.3 is 5.97 Å². The first-order valence-electron chi connectivity index (χ1n) is 19.5. The highest BCUT2D eigenvalue weighted by Gasteiger charge is 2.70. The predicted molar refractivity (Wildman–Crippen MR) is 173 cm³/mol. The van der Waals surface area contributed by atoms with Crippen LogP contribution in [-0.4, -0.2) is 41.1 Å². The summed E-state index contributed by atoms with van der Waals surface area (Å²) in [6.45, 7) is 14.3. The van der Waals surface area contributed by atoms with Gasteiger partial charge < -0.3 is 19.3 Å². The van der Waals surface area contributed by atoms with E-state index in [4.69, 9.17) is 24.0 Å². The summed E-state index contributed by atoms with van der Waals surface area (Å²) < 4.78 is 20.5. The molecule has 17 atom stereocenters. The zero-order valence-electron chi connectivity index (χ0n) is 29.5. The molecule has 9 aliphatic rings. The Hall–Kier alpha value is -0.730. The van der Waals surface area contributed by atoms with Gasteiger partial charge in [0.2, 0.25) is 5.79 Å². The van der Waals surface area contributed by atoms with Crippen LogP contribution in [0.2, 0.25) is 0 Å². The smallest absolute Gasteiger partial charge is 0.303 e. The maximum Gasteiger partial charge on any atom is 0.303 e. The van der Waals surface area contributed by atoms with Crippen molar-refractivity contribution in [3.05, 3.63) is 0 Å². The summed E-state index contributed by atoms with van der Waals surface area (Å²) in [5.41, 5.74) is 0.255. The maximum absolute atomic E-state index is 11.3. The lowest BCUT2D eigenvalue weighted by Gasteiger charge is -2.62. The van der Waals surface area contributed by atoms with Gasteiger partial charge in [-0.3, -0.25) is 4.79 Å². The molecule has 0 aromatic carbocycles. The summed E-state index contributed by atoms with van der Waals surface area (Å²) in [4.78, 5) is 23.7. The van der Waals surface area contributed by atoms with Gasteiger partial charge in [0.05, 0.1) is 6.10 Å². The van der Waals surface area contributed by atoms with E-state index >= 15 is 0 Å². The summed E-state index contributed by atoms with van der Waals surface area (Å²) >= 11 is 0. The molecule has 4 heterocycles. The van der Waals surface area contributed by atoms with E-state index in [1.807, 2.05) is 6.92 Å². The highest BCUT2D eigenvalue weighted by molar-refractivity contribution is 5.66. The quantitative estimate of drug-likeness (QED) is 0.229. The second kappa shape index (κ2) is 11.4. The van der Waals surface area contributed by atoms with Crippen molar-refractivity contribution >= 4 is 5.97 Å². The van der Waals surface area contributed by atoms with Crippen LogP contribution in [0, 0.1) is 70.0 Å². The Morgan fingerprint density at radius 3 is 2.39 bits per heavy atom. The van der Waals surface area contributed by atoms with E-state index in [0.717, 1.165) is 62.2 Å². The van der Waals surface area contributed by atoms with Crippen molar-refractivity contribution in [2.24, 2.45) is 70.0 Å². The number of hydrogen-bond donors (Lipinski definition) is 1. The highest BCUT2D eigenvalue weighted by atomic mass is 17.3. The number of aliphatic carboxylic acids is 1. The first-order chi connectivity index (χ1) is 21.9. The number of hydrogen-bond acceptors (Lipinski definition) is 6. The SMILES string of the molecule is C[C@H]1C(O[C@@H]2CC[C@@]3(C)C(CCC4C3CC[C@@]3(C)C4CC[C@@H]3[C@H](C)CCC(=O)O)C2)OC2OC3(C)CCC4[C@H](C)CCC1[C@@]24OO3. The van der Waals surface area contributed by atoms with Crippen LogP contribution in [0.3, 0.4) is 0 Å². The van der Waals surface area contributed by atoms with Crippen LogP contribution in [0.15, 0.2) is 0 Å². The van der Waals surface area contributed by atoms with Gasteiger partial charge in [-0.15, -0.1) is 0 Å². The van der Waals surface area contributed by atoms with Crippen molar-refractivity contribution in [1.29, 1.82) is 0 Å². The van der Waals surface area contributed by atoms with Crippen molar-refractivity contribution in [2.75, 3.05) is 0 Å². The molecule has 0 radical (unpaired) electrons. The zero-order valence-corrected chi connectivity index (χ0v) is 29.5. The number of carboxylic acid groups (broad SMARTS) is 1. The van der Waals surface area contributed by atoms with Crippen molar-refractivity contribution in [3.63, 3.8) is 0 Å². The van der Waals surface area contributed by atoms with Crippen molar-refractivity contribution < 1.29 is 33.9 Å². The first kappa shape index (κ1) is 32.5. The van der Waals surface area contributed by atoms with E-state index in [0.29, 0.717) is 46.8 Å². The van der Waals surface area contributed by atoms with E-state index in [1.165, 1.54) is 51.4 Å². The number of fused-ring (bicyclic) bond motifs is 7. The molecule has 7 nitrogen and oxygen atoms in total. The van der Waals surface area contributed by atoms with Crippen LogP contribution in [-0.2, 0) is 28.8 Å². The largest absolute Gasteiger partial charge is 0.481 e. The van der Waals surface area contributed by atoms with Gasteiger partial charge in [-0.25, -0.2) is 9.78 Å². The number of rotatable bonds is 6. The van der Waals surface area contributed by atoms with Gasteiger partial charge in [0, 0.05) is 24.7 Å². The minimum Gasteiger partial charge on any atom is -0.481 e. The summed E-state index contributed by atoms with van der Waals surface area (Å²) in [6, 6.07) is 0. The third-order valence-electron chi connectivity index (χ3n) is 16.6. The fourth-order valence-corrected chi connectivity index (χ4v) is 14.1. The second-order valence-corrected chi connectivity index (χ2v) is 18.6. The average Bonchev–Trinajstić information content (AvgIpc) is 3.22. The molecule has 5 saturated carbocycles. The summed E-state index contributed by atoms with van der Waals surface area (Å²) in [5.74, 6) is 4.46. The lowest BCUT2D eigenvalue weighted by molar-refractivity contribution is -0.578. The average molecular weight is 643 g/mol. The highest BCUT2D eigenvalue weighted by Crippen LogP contribution is 2.69. The van der Waals surface area contributed by atoms with Crippen LogP contribution in [0.5, 0.6) is 0 Å². The molecule has 7 heteroatoms. The minimum atomic E-state index is -0.750. The molecule has 5 aliphatic carbocycles. The molecule has 46 heavy (non-hydrogen) atoms. The van der Waals surface area contributed by atoms with Crippen molar-refractivity contribution in [2.45, 2.75) is 168 Å².